The Morgan fingerprint density at radius 1 is 1.64 bits per heavy atom. The second-order valence-electron chi connectivity index (χ2n) is 2.19. The molecule has 0 saturated carbocycles. The Balaban J connectivity index is 2.30. The third kappa shape index (κ3) is 3.78. The summed E-state index contributed by atoms with van der Waals surface area (Å²) in [5.74, 6) is -0.0165. The highest BCUT2D eigenvalue weighted by molar-refractivity contribution is 5.82. The molecule has 0 spiro atoms. The van der Waals surface area contributed by atoms with Crippen LogP contribution in [-0.2, 0) is 4.74 Å². The van der Waals surface area contributed by atoms with Crippen molar-refractivity contribution in [2.75, 3.05) is 11.9 Å². The van der Waals surface area contributed by atoms with Crippen molar-refractivity contribution in [2.24, 2.45) is 0 Å². The number of alkyl halides is 3. The van der Waals surface area contributed by atoms with Gasteiger partial charge in [-0.2, -0.15) is 18.2 Å². The molecule has 0 unspecified atom stereocenters. The molecule has 0 fully saturated rings. The van der Waals surface area contributed by atoms with E-state index in [1.165, 1.54) is 0 Å². The molecule has 78 valence electrons. The van der Waals surface area contributed by atoms with Crippen molar-refractivity contribution in [1.82, 2.24) is 4.98 Å². The van der Waals surface area contributed by atoms with Crippen molar-refractivity contribution in [3.05, 3.63) is 12.7 Å². The first-order valence-corrected chi connectivity index (χ1v) is 3.36. The second kappa shape index (κ2) is 3.99. The Morgan fingerprint density at radius 2 is 2.36 bits per heavy atom. The first-order valence-electron chi connectivity index (χ1n) is 3.36. The number of aromatic nitrogens is 1. The molecule has 1 rings (SSSR count). The van der Waals surface area contributed by atoms with E-state index in [1.54, 1.807) is 0 Å². The minimum Gasteiger partial charge on any atom is -0.449 e. The third-order valence-electron chi connectivity index (χ3n) is 1.03. The van der Waals surface area contributed by atoms with Gasteiger partial charge in [0, 0.05) is 0 Å². The Morgan fingerprint density at radius 3 is 2.86 bits per heavy atom. The summed E-state index contributed by atoms with van der Waals surface area (Å²) in [5, 5.41) is 1.93. The molecule has 1 aromatic heterocycles. The summed E-state index contributed by atoms with van der Waals surface area (Å²) in [6, 6.07) is 0. The van der Waals surface area contributed by atoms with Gasteiger partial charge in [0.05, 0.1) is 0 Å². The average Bonchev–Trinajstić information content (AvgIpc) is 2.52. The molecule has 5 nitrogen and oxygen atoms in total. The van der Waals surface area contributed by atoms with Gasteiger partial charge in [-0.3, -0.25) is 5.32 Å². The predicted molar refractivity (Wildman–Crippen MR) is 37.5 cm³/mol. The quantitative estimate of drug-likeness (QED) is 0.807. The number of anilines is 1. The summed E-state index contributed by atoms with van der Waals surface area (Å²) in [4.78, 5) is 14.1. The van der Waals surface area contributed by atoms with Crippen molar-refractivity contribution in [3.63, 3.8) is 0 Å². The minimum absolute atomic E-state index is 0.0165. The van der Waals surface area contributed by atoms with Crippen LogP contribution < -0.4 is 5.32 Å². The lowest BCUT2D eigenvalue weighted by Gasteiger charge is -2.06. The van der Waals surface area contributed by atoms with Gasteiger partial charge in [-0.15, -0.1) is 0 Å². The zero-order valence-corrected chi connectivity index (χ0v) is 6.67. The van der Waals surface area contributed by atoms with Gasteiger partial charge in [0.2, 0.25) is 0 Å². The fourth-order valence-corrected chi connectivity index (χ4v) is 0.562. The number of carbonyl (C=O) groups excluding carboxylic acids is 1. The Kier molecular flexibility index (Phi) is 2.95. The maximum atomic E-state index is 11.6. The first-order chi connectivity index (χ1) is 6.47. The number of rotatable bonds is 2. The number of ether oxygens (including phenoxy) is 1. The lowest BCUT2D eigenvalue weighted by atomic mass is 10.7. The van der Waals surface area contributed by atoms with E-state index in [0.29, 0.717) is 0 Å². The highest BCUT2D eigenvalue weighted by Crippen LogP contribution is 2.14. The van der Waals surface area contributed by atoms with Gasteiger partial charge in [0.1, 0.15) is 6.26 Å². The summed E-state index contributed by atoms with van der Waals surface area (Å²) in [7, 11) is 0. The fraction of sp³-hybridized carbons (Fsp3) is 0.333. The van der Waals surface area contributed by atoms with E-state index in [9.17, 15) is 18.0 Å². The van der Waals surface area contributed by atoms with Crippen LogP contribution in [0, 0.1) is 0 Å². The van der Waals surface area contributed by atoms with Crippen LogP contribution in [0.2, 0.25) is 0 Å². The molecule has 0 radical (unpaired) electrons. The smallest absolute Gasteiger partial charge is 0.422 e. The normalized spacial score (nSPS) is 11.1. The molecule has 1 amide bonds. The molecule has 1 heterocycles. The molecular weight excluding hydrogens is 205 g/mol. The van der Waals surface area contributed by atoms with Crippen LogP contribution in [0.4, 0.5) is 23.8 Å². The van der Waals surface area contributed by atoms with Gasteiger partial charge in [0.25, 0.3) is 0 Å². The van der Waals surface area contributed by atoms with Gasteiger partial charge < -0.3 is 9.15 Å². The first kappa shape index (κ1) is 10.4. The molecule has 0 saturated heterocycles. The van der Waals surface area contributed by atoms with Crippen LogP contribution >= 0.6 is 0 Å². The molecule has 0 aliphatic carbocycles. The number of nitrogens with zero attached hydrogens (tertiary/aromatic N) is 1. The summed E-state index contributed by atoms with van der Waals surface area (Å²) in [6.45, 7) is -1.64. The number of nitrogens with one attached hydrogen (secondary N) is 1. The molecule has 0 aliphatic heterocycles. The molecule has 0 atom stereocenters. The van der Waals surface area contributed by atoms with Crippen molar-refractivity contribution < 1.29 is 27.1 Å². The van der Waals surface area contributed by atoms with Gasteiger partial charge in [-0.25, -0.2) is 4.79 Å². The summed E-state index contributed by atoms with van der Waals surface area (Å²) in [5.41, 5.74) is 0. The number of hydrogen-bond acceptors (Lipinski definition) is 4. The molecule has 1 aromatic rings. The number of halogens is 3. The van der Waals surface area contributed by atoms with Crippen LogP contribution in [-0.4, -0.2) is 23.9 Å². The summed E-state index contributed by atoms with van der Waals surface area (Å²) < 4.78 is 42.9. The topological polar surface area (TPSA) is 64.4 Å². The maximum Gasteiger partial charge on any atom is 0.422 e. The lowest BCUT2D eigenvalue weighted by molar-refractivity contribution is -0.159. The van der Waals surface area contributed by atoms with E-state index in [1.807, 2.05) is 5.32 Å². The summed E-state index contributed by atoms with van der Waals surface area (Å²) >= 11 is 0. The van der Waals surface area contributed by atoms with Crippen LogP contribution in [0.1, 0.15) is 0 Å². The number of hydrogen-bond donors (Lipinski definition) is 1. The number of oxazole rings is 1. The third-order valence-corrected chi connectivity index (χ3v) is 1.03. The average molecular weight is 210 g/mol. The van der Waals surface area contributed by atoms with E-state index < -0.39 is 18.9 Å². The van der Waals surface area contributed by atoms with Crippen LogP contribution in [0.25, 0.3) is 0 Å². The van der Waals surface area contributed by atoms with Crippen molar-refractivity contribution in [3.8, 4) is 0 Å². The number of amides is 1. The van der Waals surface area contributed by atoms with E-state index in [-0.39, 0.29) is 5.82 Å². The molecule has 0 aliphatic rings. The van der Waals surface area contributed by atoms with Gasteiger partial charge in [0.15, 0.2) is 18.8 Å². The monoisotopic (exact) mass is 210 g/mol. The second-order valence-corrected chi connectivity index (χ2v) is 2.19. The lowest BCUT2D eigenvalue weighted by Crippen LogP contribution is -2.23. The molecule has 0 aromatic carbocycles. The predicted octanol–water partition coefficient (Wildman–Crippen LogP) is 1.79. The SMILES string of the molecule is O=C(Nc1cocn1)OCC(F)(F)F. The van der Waals surface area contributed by atoms with Crippen molar-refractivity contribution >= 4 is 11.9 Å². The highest BCUT2D eigenvalue weighted by Gasteiger charge is 2.29. The maximum absolute atomic E-state index is 11.6. The Hall–Kier alpha value is -1.73. The standard InChI is InChI=1S/C6H5F3N2O3/c7-6(8,9)2-14-5(12)11-4-1-13-3-10-4/h1,3H,2H2,(H,11,12). The van der Waals surface area contributed by atoms with Crippen molar-refractivity contribution in [1.29, 1.82) is 0 Å². The van der Waals surface area contributed by atoms with E-state index in [2.05, 4.69) is 14.1 Å². The fourth-order valence-electron chi connectivity index (χ4n) is 0.562. The van der Waals surface area contributed by atoms with Gasteiger partial charge in [-0.1, -0.05) is 0 Å². The highest BCUT2D eigenvalue weighted by atomic mass is 19.4. The molecule has 1 N–H and O–H groups in total. The van der Waals surface area contributed by atoms with Crippen LogP contribution in [0.3, 0.4) is 0 Å². The van der Waals surface area contributed by atoms with Gasteiger partial charge in [-0.05, 0) is 0 Å². The largest absolute Gasteiger partial charge is 0.449 e. The van der Waals surface area contributed by atoms with Crippen molar-refractivity contribution in [2.45, 2.75) is 6.18 Å². The molecule has 0 bridgehead atoms. The van der Waals surface area contributed by atoms with Crippen LogP contribution in [0.15, 0.2) is 17.1 Å². The van der Waals surface area contributed by atoms with Gasteiger partial charge >= 0.3 is 12.3 Å². The zero-order chi connectivity index (χ0) is 10.6. The molecule has 8 heteroatoms. The zero-order valence-electron chi connectivity index (χ0n) is 6.67. The number of carbonyl (C=O) groups is 1. The van der Waals surface area contributed by atoms with E-state index in [0.717, 1.165) is 12.7 Å². The Bertz CT molecular complexity index is 296. The summed E-state index contributed by atoms with van der Waals surface area (Å²) in [6.07, 6.45) is -3.72. The van der Waals surface area contributed by atoms with E-state index in [4.69, 9.17) is 0 Å². The minimum atomic E-state index is -4.54. The molecular formula is C6H5F3N2O3. The molecule has 14 heavy (non-hydrogen) atoms. The van der Waals surface area contributed by atoms with Crippen LogP contribution in [0.5, 0.6) is 0 Å². The van der Waals surface area contributed by atoms with E-state index >= 15 is 0 Å². The Labute approximate surface area is 75.9 Å².